The smallest absolute Gasteiger partial charge is 0.279 e. The second kappa shape index (κ2) is 6.17. The van der Waals surface area contributed by atoms with E-state index in [-0.39, 0.29) is 6.54 Å². The van der Waals surface area contributed by atoms with Gasteiger partial charge in [0.15, 0.2) is 0 Å². The van der Waals surface area contributed by atoms with Gasteiger partial charge in [0.25, 0.3) is 10.2 Å². The molecule has 0 bridgehead atoms. The van der Waals surface area contributed by atoms with Gasteiger partial charge in [-0.1, -0.05) is 12.1 Å². The van der Waals surface area contributed by atoms with Gasteiger partial charge in [0.2, 0.25) is 0 Å². The first-order valence-corrected chi connectivity index (χ1v) is 7.20. The van der Waals surface area contributed by atoms with Crippen LogP contribution in [0, 0.1) is 6.92 Å². The Balaban J connectivity index is 2.73. The molecule has 1 N–H and O–H groups in total. The maximum atomic E-state index is 11.5. The molecule has 0 spiro atoms. The fourth-order valence-corrected chi connectivity index (χ4v) is 2.05. The first kappa shape index (κ1) is 14.9. The van der Waals surface area contributed by atoms with Gasteiger partial charge < -0.3 is 4.74 Å². The number of nitrogens with one attached hydrogen (secondary N) is 1. The molecule has 0 unspecified atom stereocenters. The van der Waals surface area contributed by atoms with E-state index in [0.29, 0.717) is 6.61 Å². The van der Waals surface area contributed by atoms with Crippen molar-refractivity contribution < 1.29 is 13.2 Å². The third-order valence-electron chi connectivity index (χ3n) is 2.48. The Bertz CT molecular complexity index is 498. The molecule has 1 rings (SSSR count). The molecule has 0 aliphatic rings. The number of hydrogen-bond acceptors (Lipinski definition) is 3. The van der Waals surface area contributed by atoms with Crippen LogP contribution in [-0.4, -0.2) is 33.4 Å². The molecule has 0 saturated heterocycles. The minimum absolute atomic E-state index is 0.272. The molecular formula is C12H20N2O3S. The standard InChI is InChI=1S/C12H20N2O3S/c1-5-17-12-7-6-11(8-10(12)2)9-13-18(15,16)14(3)4/h6-8,13H,5,9H2,1-4H3. The molecular weight excluding hydrogens is 252 g/mol. The van der Waals surface area contributed by atoms with Gasteiger partial charge in [-0.3, -0.25) is 0 Å². The Labute approximate surface area is 109 Å². The molecule has 5 nitrogen and oxygen atoms in total. The van der Waals surface area contributed by atoms with Gasteiger partial charge in [0.1, 0.15) is 5.75 Å². The van der Waals surface area contributed by atoms with E-state index >= 15 is 0 Å². The van der Waals surface area contributed by atoms with Crippen LogP contribution in [0.1, 0.15) is 18.1 Å². The van der Waals surface area contributed by atoms with Gasteiger partial charge in [-0.15, -0.1) is 0 Å². The maximum absolute atomic E-state index is 11.5. The quantitative estimate of drug-likeness (QED) is 0.849. The second-order valence-corrected chi connectivity index (χ2v) is 6.11. The van der Waals surface area contributed by atoms with Crippen LogP contribution >= 0.6 is 0 Å². The van der Waals surface area contributed by atoms with E-state index in [2.05, 4.69) is 4.72 Å². The van der Waals surface area contributed by atoms with Crippen molar-refractivity contribution in [3.63, 3.8) is 0 Å². The first-order valence-electron chi connectivity index (χ1n) is 5.76. The number of nitrogens with zero attached hydrogens (tertiary/aromatic N) is 1. The van der Waals surface area contributed by atoms with Gasteiger partial charge in [-0.25, -0.2) is 0 Å². The van der Waals surface area contributed by atoms with E-state index in [9.17, 15) is 8.42 Å². The van der Waals surface area contributed by atoms with Crippen molar-refractivity contribution in [3.05, 3.63) is 29.3 Å². The lowest BCUT2D eigenvalue weighted by molar-refractivity contribution is 0.338. The molecule has 0 saturated carbocycles. The minimum atomic E-state index is -3.38. The third-order valence-corrected chi connectivity index (χ3v) is 3.95. The number of ether oxygens (including phenoxy) is 1. The van der Waals surface area contributed by atoms with Crippen LogP contribution in [0.4, 0.5) is 0 Å². The van der Waals surface area contributed by atoms with Crippen molar-refractivity contribution in [3.8, 4) is 5.75 Å². The monoisotopic (exact) mass is 272 g/mol. The summed E-state index contributed by atoms with van der Waals surface area (Å²) in [5.41, 5.74) is 1.90. The lowest BCUT2D eigenvalue weighted by Gasteiger charge is -2.13. The van der Waals surface area contributed by atoms with Gasteiger partial charge in [0, 0.05) is 20.6 Å². The largest absolute Gasteiger partial charge is 0.494 e. The SMILES string of the molecule is CCOc1ccc(CNS(=O)(=O)N(C)C)cc1C. The van der Waals surface area contributed by atoms with Crippen LogP contribution in [0.5, 0.6) is 5.75 Å². The van der Waals surface area contributed by atoms with Gasteiger partial charge in [-0.2, -0.15) is 17.4 Å². The zero-order valence-corrected chi connectivity index (χ0v) is 12.0. The van der Waals surface area contributed by atoms with Crippen molar-refractivity contribution in [1.82, 2.24) is 9.03 Å². The summed E-state index contributed by atoms with van der Waals surface area (Å²) in [5.74, 6) is 0.830. The third kappa shape index (κ3) is 3.97. The Morgan fingerprint density at radius 2 is 2.00 bits per heavy atom. The highest BCUT2D eigenvalue weighted by atomic mass is 32.2. The predicted molar refractivity (Wildman–Crippen MR) is 71.8 cm³/mol. The van der Waals surface area contributed by atoms with Crippen molar-refractivity contribution in [2.75, 3.05) is 20.7 Å². The highest BCUT2D eigenvalue weighted by Crippen LogP contribution is 2.19. The van der Waals surface area contributed by atoms with Crippen LogP contribution in [0.25, 0.3) is 0 Å². The highest BCUT2D eigenvalue weighted by Gasteiger charge is 2.12. The Hall–Kier alpha value is -1.11. The average Bonchev–Trinajstić information content (AvgIpc) is 2.30. The number of aryl methyl sites for hydroxylation is 1. The second-order valence-electron chi connectivity index (χ2n) is 4.14. The predicted octanol–water partition coefficient (Wildman–Crippen LogP) is 1.29. The molecule has 102 valence electrons. The number of rotatable bonds is 6. The highest BCUT2D eigenvalue weighted by molar-refractivity contribution is 7.87. The van der Waals surface area contributed by atoms with E-state index in [1.807, 2.05) is 32.0 Å². The first-order chi connectivity index (χ1) is 8.36. The summed E-state index contributed by atoms with van der Waals surface area (Å²) in [4.78, 5) is 0. The molecule has 0 aliphatic heterocycles. The summed E-state index contributed by atoms with van der Waals surface area (Å²) < 4.78 is 32.2. The van der Waals surface area contributed by atoms with Crippen molar-refractivity contribution in [2.45, 2.75) is 20.4 Å². The zero-order chi connectivity index (χ0) is 13.8. The molecule has 0 heterocycles. The topological polar surface area (TPSA) is 58.6 Å². The summed E-state index contributed by atoms with van der Waals surface area (Å²) in [6, 6.07) is 5.64. The van der Waals surface area contributed by atoms with Crippen LogP contribution in [0.2, 0.25) is 0 Å². The maximum Gasteiger partial charge on any atom is 0.279 e. The van der Waals surface area contributed by atoms with Crippen LogP contribution in [-0.2, 0) is 16.8 Å². The van der Waals surface area contributed by atoms with E-state index in [4.69, 9.17) is 4.74 Å². The molecule has 0 aromatic heterocycles. The molecule has 1 aromatic rings. The Morgan fingerprint density at radius 1 is 1.33 bits per heavy atom. The molecule has 18 heavy (non-hydrogen) atoms. The van der Waals surface area contributed by atoms with Gasteiger partial charge in [-0.05, 0) is 31.0 Å². The zero-order valence-electron chi connectivity index (χ0n) is 11.2. The molecule has 1 aromatic carbocycles. The summed E-state index contributed by atoms with van der Waals surface area (Å²) in [6.07, 6.45) is 0. The van der Waals surface area contributed by atoms with E-state index < -0.39 is 10.2 Å². The van der Waals surface area contributed by atoms with Gasteiger partial charge in [0.05, 0.1) is 6.61 Å². The van der Waals surface area contributed by atoms with Crippen LogP contribution in [0.15, 0.2) is 18.2 Å². The van der Waals surface area contributed by atoms with Crippen molar-refractivity contribution >= 4 is 10.2 Å². The number of benzene rings is 1. The minimum Gasteiger partial charge on any atom is -0.494 e. The molecule has 6 heteroatoms. The van der Waals surface area contributed by atoms with Crippen LogP contribution < -0.4 is 9.46 Å². The molecule has 0 atom stereocenters. The van der Waals surface area contributed by atoms with E-state index in [1.165, 1.54) is 14.1 Å². The van der Waals surface area contributed by atoms with Gasteiger partial charge >= 0.3 is 0 Å². The molecule has 0 radical (unpaired) electrons. The fraction of sp³-hybridized carbons (Fsp3) is 0.500. The lowest BCUT2D eigenvalue weighted by Crippen LogP contribution is -2.35. The summed E-state index contributed by atoms with van der Waals surface area (Å²) in [6.45, 7) is 4.76. The van der Waals surface area contributed by atoms with E-state index in [1.54, 1.807) is 0 Å². The van der Waals surface area contributed by atoms with Crippen molar-refractivity contribution in [1.29, 1.82) is 0 Å². The number of hydrogen-bond donors (Lipinski definition) is 1. The molecule has 0 aliphatic carbocycles. The normalized spacial score (nSPS) is 11.8. The van der Waals surface area contributed by atoms with Crippen molar-refractivity contribution in [2.24, 2.45) is 0 Å². The lowest BCUT2D eigenvalue weighted by atomic mass is 10.1. The average molecular weight is 272 g/mol. The molecule has 0 amide bonds. The summed E-state index contributed by atoms with van der Waals surface area (Å²) in [7, 11) is -0.394. The summed E-state index contributed by atoms with van der Waals surface area (Å²) in [5, 5.41) is 0. The van der Waals surface area contributed by atoms with Crippen LogP contribution in [0.3, 0.4) is 0 Å². The fourth-order valence-electron chi connectivity index (χ4n) is 1.44. The summed E-state index contributed by atoms with van der Waals surface area (Å²) >= 11 is 0. The van der Waals surface area contributed by atoms with E-state index in [0.717, 1.165) is 21.2 Å². The Kier molecular flexibility index (Phi) is 5.13. The molecule has 0 fully saturated rings. The Morgan fingerprint density at radius 3 is 2.50 bits per heavy atom.